The second-order valence-corrected chi connectivity index (χ2v) is 12.5. The van der Waals surface area contributed by atoms with E-state index in [0.29, 0.717) is 32.0 Å². The molecule has 2 heterocycles. The summed E-state index contributed by atoms with van der Waals surface area (Å²) in [5, 5.41) is 9.67. The molecule has 14 heteroatoms. The summed E-state index contributed by atoms with van der Waals surface area (Å²) in [5.41, 5.74) is 0.829. The number of hydrogen-bond acceptors (Lipinski definition) is 6. The number of alkyl halides is 4. The molecule has 0 atom stereocenters. The first-order chi connectivity index (χ1) is 17.4. The summed E-state index contributed by atoms with van der Waals surface area (Å²) in [5.74, 6) is -5.30. The number of carbonyl (C=O) groups is 1. The molecule has 3 aliphatic rings. The van der Waals surface area contributed by atoms with Gasteiger partial charge in [-0.3, -0.25) is 10.0 Å². The number of sulfonamides is 1. The Morgan fingerprint density at radius 1 is 1.11 bits per heavy atom. The quantitative estimate of drug-likeness (QED) is 0.210. The molecule has 0 unspecified atom stereocenters. The maximum absolute atomic E-state index is 13.7. The number of nitrogens with zero attached hydrogens (tertiary/aromatic N) is 3. The molecule has 2 aliphatic heterocycles. The predicted molar refractivity (Wildman–Crippen MR) is 126 cm³/mol. The second kappa shape index (κ2) is 10.8. The number of piperidine rings is 2. The molecular formula is C23H30ClF4N3O5S. The molecule has 1 saturated carbocycles. The second-order valence-electron chi connectivity index (χ2n) is 9.92. The normalized spacial score (nSPS) is 22.2. The Balaban J connectivity index is 1.39. The van der Waals surface area contributed by atoms with Gasteiger partial charge in [-0.25, -0.2) is 21.5 Å². The van der Waals surface area contributed by atoms with Crippen LogP contribution in [0.3, 0.4) is 0 Å². The Bertz CT molecular complexity index is 1060. The van der Waals surface area contributed by atoms with Crippen LogP contribution in [0.2, 0.25) is 0 Å². The number of hydrogen-bond donors (Lipinski definition) is 1. The van der Waals surface area contributed by atoms with Crippen molar-refractivity contribution in [1.82, 2.24) is 13.8 Å². The van der Waals surface area contributed by atoms with E-state index in [1.54, 1.807) is 12.1 Å². The van der Waals surface area contributed by atoms with E-state index in [1.807, 2.05) is 0 Å². The molecule has 1 amide bonds. The van der Waals surface area contributed by atoms with Crippen molar-refractivity contribution in [2.24, 2.45) is 0 Å². The van der Waals surface area contributed by atoms with Crippen molar-refractivity contribution in [3.63, 3.8) is 0 Å². The number of halogens is 5. The summed E-state index contributed by atoms with van der Waals surface area (Å²) in [7, 11) is -4.14. The van der Waals surface area contributed by atoms with Crippen LogP contribution in [0.15, 0.2) is 24.3 Å². The zero-order valence-electron chi connectivity index (χ0n) is 20.0. The van der Waals surface area contributed by atoms with Gasteiger partial charge in [-0.15, -0.1) is 4.58 Å². The van der Waals surface area contributed by atoms with Crippen molar-refractivity contribution in [1.29, 1.82) is 0 Å². The highest BCUT2D eigenvalue weighted by atomic mass is 35.5. The van der Waals surface area contributed by atoms with Gasteiger partial charge in [-0.2, -0.15) is 8.78 Å². The van der Waals surface area contributed by atoms with Gasteiger partial charge in [0, 0.05) is 44.0 Å². The summed E-state index contributed by atoms with van der Waals surface area (Å²) >= 11 is 5.54. The van der Waals surface area contributed by atoms with Gasteiger partial charge in [-0.05, 0) is 62.1 Å². The van der Waals surface area contributed by atoms with Gasteiger partial charge in [0.15, 0.2) is 11.4 Å². The van der Waals surface area contributed by atoms with Gasteiger partial charge in [0.25, 0.3) is 5.91 Å². The number of hydroxylamine groups is 1. The Morgan fingerprint density at radius 3 is 2.16 bits per heavy atom. The van der Waals surface area contributed by atoms with Crippen molar-refractivity contribution in [3.8, 4) is 5.75 Å². The molecule has 8 nitrogen and oxygen atoms in total. The average Bonchev–Trinajstić information content (AvgIpc) is 3.73. The highest BCUT2D eigenvalue weighted by Crippen LogP contribution is 2.41. The first-order valence-electron chi connectivity index (χ1n) is 12.2. The number of rotatable bonds is 9. The number of carbonyl (C=O) groups excluding carboxylic acids is 1. The van der Waals surface area contributed by atoms with E-state index in [4.69, 9.17) is 16.5 Å². The topological polar surface area (TPSA) is 90.4 Å². The molecule has 37 heavy (non-hydrogen) atoms. The van der Waals surface area contributed by atoms with Crippen molar-refractivity contribution in [2.45, 2.75) is 67.6 Å². The minimum absolute atomic E-state index is 0.0247. The van der Waals surface area contributed by atoms with Crippen LogP contribution in [0.25, 0.3) is 0 Å². The van der Waals surface area contributed by atoms with Crippen LogP contribution in [-0.2, 0) is 14.8 Å². The third kappa shape index (κ3) is 5.85. The monoisotopic (exact) mass is 571 g/mol. The Morgan fingerprint density at radius 2 is 1.68 bits per heavy atom. The van der Waals surface area contributed by atoms with Crippen LogP contribution in [0, 0.1) is 0 Å². The fourth-order valence-electron chi connectivity index (χ4n) is 5.20. The minimum atomic E-state index is -4.25. The molecule has 0 radical (unpaired) electrons. The number of ether oxygens (including phenoxy) is 1. The lowest BCUT2D eigenvalue weighted by Gasteiger charge is -2.44. The first-order valence-corrected chi connectivity index (χ1v) is 14.0. The fraction of sp³-hybridized carbons (Fsp3) is 0.696. The van der Waals surface area contributed by atoms with Gasteiger partial charge in [0.2, 0.25) is 10.0 Å². The maximum Gasteiger partial charge on any atom is 0.340 e. The van der Waals surface area contributed by atoms with E-state index in [1.165, 1.54) is 16.4 Å². The molecule has 1 aromatic rings. The smallest absolute Gasteiger partial charge is 0.340 e. The van der Waals surface area contributed by atoms with Crippen molar-refractivity contribution >= 4 is 27.7 Å². The lowest BCUT2D eigenvalue weighted by molar-refractivity contribution is -0.150. The van der Waals surface area contributed by atoms with Gasteiger partial charge in [0.05, 0.1) is 0 Å². The lowest BCUT2D eigenvalue weighted by atomic mass is 9.90. The van der Waals surface area contributed by atoms with Crippen molar-refractivity contribution in [3.05, 3.63) is 29.8 Å². The number of benzene rings is 1. The standard InChI is InChI=1S/C23H30ClF4N3O5S/c24-31(33)21(32)22(9-13-29(14-10-22)18-3-4-18)37(34,35)30-11-7-17(8-12-30)16-1-5-19(6-2-16)36-15-23(27,28)20(25)26/h1-2,5-6,17-18,20,33H,3-4,7-15H2. The lowest BCUT2D eigenvalue weighted by Crippen LogP contribution is -2.61. The van der Waals surface area contributed by atoms with E-state index in [2.05, 4.69) is 4.90 Å². The maximum atomic E-state index is 13.7. The molecule has 0 aromatic heterocycles. The summed E-state index contributed by atoms with van der Waals surface area (Å²) in [6.45, 7) is -0.280. The highest BCUT2D eigenvalue weighted by Gasteiger charge is 2.57. The van der Waals surface area contributed by atoms with E-state index >= 15 is 0 Å². The Hall–Kier alpha value is -1.67. The molecule has 3 fully saturated rings. The molecule has 208 valence electrons. The number of amides is 1. The van der Waals surface area contributed by atoms with Gasteiger partial charge >= 0.3 is 12.3 Å². The average molecular weight is 572 g/mol. The molecule has 0 bridgehead atoms. The third-order valence-corrected chi connectivity index (χ3v) is 10.4. The van der Waals surface area contributed by atoms with Gasteiger partial charge in [0.1, 0.15) is 5.75 Å². The first kappa shape index (κ1) is 28.3. The van der Waals surface area contributed by atoms with E-state index in [9.17, 15) is 36.0 Å². The van der Waals surface area contributed by atoms with Crippen LogP contribution in [0.4, 0.5) is 17.6 Å². The zero-order chi connectivity index (χ0) is 27.0. The summed E-state index contributed by atoms with van der Waals surface area (Å²) in [6, 6.07) is 6.53. The van der Waals surface area contributed by atoms with Gasteiger partial charge in [-0.1, -0.05) is 12.1 Å². The SMILES string of the molecule is O=C(N(O)Cl)C1(S(=O)(=O)N2CCC(c3ccc(OCC(F)(F)C(F)F)cc3)CC2)CCN(C2CC2)CC1. The zero-order valence-corrected chi connectivity index (χ0v) is 21.6. The third-order valence-electron chi connectivity index (χ3n) is 7.62. The van der Waals surface area contributed by atoms with Crippen LogP contribution in [-0.4, -0.2) is 89.2 Å². The van der Waals surface area contributed by atoms with Gasteiger partial charge < -0.3 is 9.64 Å². The molecule has 1 aromatic carbocycles. The van der Waals surface area contributed by atoms with E-state index in [0.717, 1.165) is 18.4 Å². The Labute approximate surface area is 218 Å². The Kier molecular flexibility index (Phi) is 8.30. The largest absolute Gasteiger partial charge is 0.487 e. The van der Waals surface area contributed by atoms with E-state index in [-0.39, 0.29) is 42.2 Å². The van der Waals surface area contributed by atoms with E-state index < -0.39 is 39.6 Å². The van der Waals surface area contributed by atoms with Crippen LogP contribution in [0.1, 0.15) is 50.0 Å². The summed E-state index contributed by atoms with van der Waals surface area (Å²) in [4.78, 5) is 15.1. The summed E-state index contributed by atoms with van der Waals surface area (Å²) < 4.78 is 82.3. The molecule has 1 aliphatic carbocycles. The van der Waals surface area contributed by atoms with Crippen molar-refractivity contribution in [2.75, 3.05) is 32.8 Å². The van der Waals surface area contributed by atoms with Crippen LogP contribution in [0.5, 0.6) is 5.75 Å². The molecule has 1 N–H and O–H groups in total. The molecule has 4 rings (SSSR count). The van der Waals surface area contributed by atoms with Crippen molar-refractivity contribution < 1.29 is 40.7 Å². The molecule has 2 saturated heterocycles. The molecule has 0 spiro atoms. The fourth-order valence-corrected chi connectivity index (χ4v) is 7.60. The molecular weight excluding hydrogens is 542 g/mol. The van der Waals surface area contributed by atoms with Crippen LogP contribution < -0.4 is 4.74 Å². The predicted octanol–water partition coefficient (Wildman–Crippen LogP) is 3.84. The summed E-state index contributed by atoms with van der Waals surface area (Å²) in [6.07, 6.45) is -0.730. The highest BCUT2D eigenvalue weighted by molar-refractivity contribution is 7.91. The minimum Gasteiger partial charge on any atom is -0.487 e. The number of likely N-dealkylation sites (tertiary alicyclic amines) is 1. The van der Waals surface area contributed by atoms with Crippen LogP contribution >= 0.6 is 11.8 Å².